The Bertz CT molecular complexity index is 928. The second-order valence-corrected chi connectivity index (χ2v) is 8.97. The summed E-state index contributed by atoms with van der Waals surface area (Å²) in [6, 6.07) is 16.1. The number of hydrogen-bond acceptors (Lipinski definition) is 6. The third kappa shape index (κ3) is 4.78. The van der Waals surface area contributed by atoms with Crippen LogP contribution in [0.3, 0.4) is 0 Å². The van der Waals surface area contributed by atoms with Gasteiger partial charge in [0.25, 0.3) is 5.91 Å². The highest BCUT2D eigenvalue weighted by atomic mass is 16.6. The summed E-state index contributed by atoms with van der Waals surface area (Å²) in [6.45, 7) is 6.78. The first-order chi connectivity index (χ1) is 15.8. The Morgan fingerprint density at radius 2 is 1.81 bits per heavy atom. The Balaban J connectivity index is 1.10. The van der Waals surface area contributed by atoms with Gasteiger partial charge in [0.2, 0.25) is 6.10 Å². The van der Waals surface area contributed by atoms with Crippen LogP contribution < -0.4 is 4.90 Å². The second-order valence-electron chi connectivity index (χ2n) is 8.97. The lowest BCUT2D eigenvalue weighted by Gasteiger charge is -2.40. The van der Waals surface area contributed by atoms with E-state index in [0.717, 1.165) is 69.3 Å². The summed E-state index contributed by atoms with van der Waals surface area (Å²) in [7, 11) is 0. The van der Waals surface area contributed by atoms with Gasteiger partial charge in [0, 0.05) is 58.4 Å². The zero-order valence-corrected chi connectivity index (χ0v) is 18.5. The number of rotatable bonds is 5. The van der Waals surface area contributed by atoms with Gasteiger partial charge in [-0.2, -0.15) is 0 Å². The maximum atomic E-state index is 13.1. The van der Waals surface area contributed by atoms with Crippen molar-refractivity contribution in [2.45, 2.75) is 25.4 Å². The van der Waals surface area contributed by atoms with Crippen molar-refractivity contribution in [3.63, 3.8) is 0 Å². The van der Waals surface area contributed by atoms with Gasteiger partial charge in [0.05, 0.1) is 5.71 Å². The fraction of sp³-hybridized carbons (Fsp3) is 0.480. The Morgan fingerprint density at radius 1 is 1.00 bits per heavy atom. The molecule has 2 fully saturated rings. The van der Waals surface area contributed by atoms with Crippen molar-refractivity contribution in [2.75, 3.05) is 50.7 Å². The van der Waals surface area contributed by atoms with Crippen molar-refractivity contribution >= 4 is 17.4 Å². The van der Waals surface area contributed by atoms with Gasteiger partial charge < -0.3 is 14.6 Å². The van der Waals surface area contributed by atoms with Crippen molar-refractivity contribution < 1.29 is 9.63 Å². The average Bonchev–Trinajstić information content (AvgIpc) is 3.36. The molecule has 3 aliphatic rings. The van der Waals surface area contributed by atoms with E-state index in [4.69, 9.17) is 4.84 Å². The molecule has 32 heavy (non-hydrogen) atoms. The Morgan fingerprint density at radius 3 is 2.59 bits per heavy atom. The SMILES string of the molecule is O=C([C@@H]1CC(c2ccccc2)=NO1)N1CCC[C@@H](CN2CCN(c3ccccn3)CC2)C1. The number of benzene rings is 1. The number of piperazine rings is 1. The molecule has 2 atom stereocenters. The van der Waals surface area contributed by atoms with Gasteiger partial charge >= 0.3 is 0 Å². The second kappa shape index (κ2) is 9.69. The molecule has 2 saturated heterocycles. The zero-order chi connectivity index (χ0) is 21.8. The fourth-order valence-electron chi connectivity index (χ4n) is 4.99. The highest BCUT2D eigenvalue weighted by Gasteiger charge is 2.35. The van der Waals surface area contributed by atoms with Gasteiger partial charge in [-0.3, -0.25) is 9.69 Å². The van der Waals surface area contributed by atoms with E-state index >= 15 is 0 Å². The van der Waals surface area contributed by atoms with Crippen molar-refractivity contribution in [3.8, 4) is 0 Å². The molecule has 2 aromatic rings. The van der Waals surface area contributed by atoms with Gasteiger partial charge in [0.1, 0.15) is 5.82 Å². The van der Waals surface area contributed by atoms with Gasteiger partial charge in [-0.15, -0.1) is 0 Å². The van der Waals surface area contributed by atoms with E-state index < -0.39 is 6.10 Å². The lowest BCUT2D eigenvalue weighted by Crippen LogP contribution is -2.51. The number of amides is 1. The van der Waals surface area contributed by atoms with Crippen molar-refractivity contribution in [1.29, 1.82) is 0 Å². The number of carbonyl (C=O) groups is 1. The lowest BCUT2D eigenvalue weighted by molar-refractivity contribution is -0.144. The highest BCUT2D eigenvalue weighted by Crippen LogP contribution is 2.23. The molecule has 0 aliphatic carbocycles. The number of piperidine rings is 1. The quantitative estimate of drug-likeness (QED) is 0.726. The van der Waals surface area contributed by atoms with Crippen LogP contribution in [0.25, 0.3) is 0 Å². The van der Waals surface area contributed by atoms with E-state index in [0.29, 0.717) is 12.3 Å². The van der Waals surface area contributed by atoms with E-state index in [1.807, 2.05) is 53.6 Å². The van der Waals surface area contributed by atoms with E-state index in [9.17, 15) is 4.79 Å². The van der Waals surface area contributed by atoms with Gasteiger partial charge in [-0.05, 0) is 36.5 Å². The van der Waals surface area contributed by atoms with Crippen LogP contribution in [0, 0.1) is 5.92 Å². The molecular formula is C25H31N5O2. The molecule has 0 spiro atoms. The molecule has 168 valence electrons. The van der Waals surface area contributed by atoms with Crippen molar-refractivity contribution in [3.05, 3.63) is 60.3 Å². The maximum Gasteiger partial charge on any atom is 0.266 e. The molecule has 1 aromatic carbocycles. The van der Waals surface area contributed by atoms with E-state index in [-0.39, 0.29) is 5.91 Å². The molecule has 5 rings (SSSR count). The molecule has 0 N–H and O–H groups in total. The van der Waals surface area contributed by atoms with Crippen LogP contribution in [0.1, 0.15) is 24.8 Å². The summed E-state index contributed by atoms with van der Waals surface area (Å²) in [6.07, 6.45) is 4.17. The predicted molar refractivity (Wildman–Crippen MR) is 125 cm³/mol. The number of anilines is 1. The monoisotopic (exact) mass is 433 g/mol. The summed E-state index contributed by atoms with van der Waals surface area (Å²) in [5.41, 5.74) is 1.90. The van der Waals surface area contributed by atoms with E-state index in [1.165, 1.54) is 6.42 Å². The van der Waals surface area contributed by atoms with Gasteiger partial charge in [-0.1, -0.05) is 41.6 Å². The Kier molecular flexibility index (Phi) is 6.34. The zero-order valence-electron chi connectivity index (χ0n) is 18.5. The molecule has 4 heterocycles. The van der Waals surface area contributed by atoms with Crippen LogP contribution in [-0.4, -0.2) is 78.3 Å². The minimum atomic E-state index is -0.481. The minimum absolute atomic E-state index is 0.0874. The average molecular weight is 434 g/mol. The Labute approximate surface area is 189 Å². The molecule has 1 aromatic heterocycles. The number of oxime groups is 1. The molecule has 1 amide bonds. The first kappa shape index (κ1) is 20.9. The minimum Gasteiger partial charge on any atom is -0.382 e. The molecule has 0 saturated carbocycles. The van der Waals surface area contributed by atoms with Crippen molar-refractivity contribution in [2.24, 2.45) is 11.1 Å². The molecule has 0 bridgehead atoms. The first-order valence-corrected chi connectivity index (χ1v) is 11.7. The number of hydrogen-bond donors (Lipinski definition) is 0. The van der Waals surface area contributed by atoms with Crippen molar-refractivity contribution in [1.82, 2.24) is 14.8 Å². The molecule has 0 radical (unpaired) electrons. The predicted octanol–water partition coefficient (Wildman–Crippen LogP) is 2.64. The first-order valence-electron chi connectivity index (χ1n) is 11.7. The molecule has 7 heteroatoms. The fourth-order valence-corrected chi connectivity index (χ4v) is 4.99. The Hall–Kier alpha value is -2.93. The summed E-state index contributed by atoms with van der Waals surface area (Å²) in [5.74, 6) is 1.67. The van der Waals surface area contributed by atoms with Crippen LogP contribution in [0.2, 0.25) is 0 Å². The van der Waals surface area contributed by atoms with E-state index in [1.54, 1.807) is 0 Å². The largest absolute Gasteiger partial charge is 0.382 e. The smallest absolute Gasteiger partial charge is 0.266 e. The number of pyridine rings is 1. The third-order valence-corrected chi connectivity index (χ3v) is 6.74. The van der Waals surface area contributed by atoms with Crippen LogP contribution >= 0.6 is 0 Å². The number of likely N-dealkylation sites (tertiary alicyclic amines) is 1. The van der Waals surface area contributed by atoms with Crippen LogP contribution in [0.5, 0.6) is 0 Å². The van der Waals surface area contributed by atoms with Crippen LogP contribution in [0.4, 0.5) is 5.82 Å². The molecule has 3 aliphatic heterocycles. The number of nitrogens with zero attached hydrogens (tertiary/aromatic N) is 5. The summed E-state index contributed by atoms with van der Waals surface area (Å²) in [4.78, 5) is 30.0. The summed E-state index contributed by atoms with van der Waals surface area (Å²) in [5, 5.41) is 4.20. The maximum absolute atomic E-state index is 13.1. The van der Waals surface area contributed by atoms with E-state index in [2.05, 4.69) is 26.0 Å². The summed E-state index contributed by atoms with van der Waals surface area (Å²) < 4.78 is 0. The van der Waals surface area contributed by atoms with Gasteiger partial charge in [0.15, 0.2) is 0 Å². The molecule has 7 nitrogen and oxygen atoms in total. The van der Waals surface area contributed by atoms with Crippen LogP contribution in [-0.2, 0) is 9.63 Å². The number of carbonyl (C=O) groups excluding carboxylic acids is 1. The normalized spacial score (nSPS) is 24.2. The third-order valence-electron chi connectivity index (χ3n) is 6.74. The molecular weight excluding hydrogens is 402 g/mol. The van der Waals surface area contributed by atoms with Gasteiger partial charge in [-0.25, -0.2) is 4.98 Å². The lowest BCUT2D eigenvalue weighted by atomic mass is 9.96. The van der Waals surface area contributed by atoms with Crippen LogP contribution in [0.15, 0.2) is 59.9 Å². The topological polar surface area (TPSA) is 61.3 Å². The highest BCUT2D eigenvalue weighted by molar-refractivity contribution is 6.04. The molecule has 0 unspecified atom stereocenters. The standard InChI is InChI=1S/C25H31N5O2/c31-25(23-17-22(27-32-23)21-8-2-1-3-9-21)30-12-6-7-20(19-30)18-28-13-15-29(16-14-28)24-10-4-5-11-26-24/h1-5,8-11,20,23H,6-7,12-19H2/t20-,23-/m0/s1. The number of aromatic nitrogens is 1. The summed E-state index contributed by atoms with van der Waals surface area (Å²) >= 11 is 0.